The van der Waals surface area contributed by atoms with E-state index in [1.165, 1.54) is 22.9 Å². The predicted molar refractivity (Wildman–Crippen MR) is 116 cm³/mol. The van der Waals surface area contributed by atoms with Gasteiger partial charge in [0.2, 0.25) is 0 Å². The van der Waals surface area contributed by atoms with E-state index < -0.39 is 0 Å². The van der Waals surface area contributed by atoms with Gasteiger partial charge >= 0.3 is 0 Å². The van der Waals surface area contributed by atoms with E-state index in [1.54, 1.807) is 6.20 Å². The first kappa shape index (κ1) is 21.4. The summed E-state index contributed by atoms with van der Waals surface area (Å²) in [6.45, 7) is 11.0. The number of aromatic nitrogens is 1. The number of piperazine rings is 1. The smallest absolute Gasteiger partial charge is 0.256 e. The second-order valence-corrected chi connectivity index (χ2v) is 8.91. The highest BCUT2D eigenvalue weighted by molar-refractivity contribution is 7.99. The molecule has 3 rings (SSSR count). The second kappa shape index (κ2) is 9.43. The summed E-state index contributed by atoms with van der Waals surface area (Å²) in [5, 5.41) is 10.2. The number of carbonyl (C=O) groups excluding carboxylic acids is 1. The lowest BCUT2D eigenvalue weighted by molar-refractivity contribution is 0.0573. The third kappa shape index (κ3) is 4.98. The van der Waals surface area contributed by atoms with Gasteiger partial charge in [-0.25, -0.2) is 4.98 Å². The molecule has 1 saturated heterocycles. The Morgan fingerprint density at radius 1 is 1.14 bits per heavy atom. The van der Waals surface area contributed by atoms with E-state index in [0.29, 0.717) is 18.7 Å². The topological polar surface area (TPSA) is 60.2 Å². The monoisotopic (exact) mass is 408 g/mol. The van der Waals surface area contributed by atoms with Gasteiger partial charge in [0, 0.05) is 37.3 Å². The van der Waals surface area contributed by atoms with Crippen LogP contribution in [-0.2, 0) is 0 Å². The van der Waals surface area contributed by atoms with Crippen molar-refractivity contribution in [2.75, 3.05) is 26.2 Å². The van der Waals surface area contributed by atoms with Gasteiger partial charge in [-0.1, -0.05) is 31.7 Å². The summed E-state index contributed by atoms with van der Waals surface area (Å²) >= 11 is 1.53. The van der Waals surface area contributed by atoms with E-state index in [0.717, 1.165) is 23.0 Å². The van der Waals surface area contributed by atoms with Crippen LogP contribution >= 0.6 is 11.8 Å². The van der Waals surface area contributed by atoms with Crippen molar-refractivity contribution in [3.8, 4) is 6.07 Å². The number of nitriles is 1. The highest BCUT2D eigenvalue weighted by Crippen LogP contribution is 2.30. The van der Waals surface area contributed by atoms with E-state index >= 15 is 0 Å². The fourth-order valence-corrected chi connectivity index (χ4v) is 4.52. The molecule has 29 heavy (non-hydrogen) atoms. The molecule has 0 N–H and O–H groups in total. The van der Waals surface area contributed by atoms with E-state index in [2.05, 4.69) is 61.8 Å². The maximum atomic E-state index is 13.2. The molecule has 0 saturated carbocycles. The molecule has 1 unspecified atom stereocenters. The molecule has 152 valence electrons. The first-order chi connectivity index (χ1) is 13.9. The van der Waals surface area contributed by atoms with E-state index in [-0.39, 0.29) is 17.9 Å². The fraction of sp³-hybridized carbons (Fsp3) is 0.435. The van der Waals surface area contributed by atoms with Crippen LogP contribution in [-0.4, -0.2) is 52.9 Å². The number of amides is 1. The molecule has 1 amide bonds. The number of hydrogen-bond acceptors (Lipinski definition) is 5. The maximum absolute atomic E-state index is 13.2. The lowest BCUT2D eigenvalue weighted by Crippen LogP contribution is -2.52. The lowest BCUT2D eigenvalue weighted by atomic mass is 10.0. The molecule has 1 aliphatic rings. The molecule has 1 aromatic carbocycles. The summed E-state index contributed by atoms with van der Waals surface area (Å²) in [6.07, 6.45) is 1.73. The summed E-state index contributed by atoms with van der Waals surface area (Å²) in [6, 6.07) is 12.3. The number of aryl methyl sites for hydroxylation is 2. The largest absolute Gasteiger partial charge is 0.336 e. The Kier molecular flexibility index (Phi) is 6.94. The molecule has 2 aromatic rings. The molecule has 0 spiro atoms. The second-order valence-electron chi connectivity index (χ2n) is 7.85. The molecule has 0 bridgehead atoms. The van der Waals surface area contributed by atoms with Crippen molar-refractivity contribution in [3.05, 3.63) is 53.2 Å². The fourth-order valence-electron chi connectivity index (χ4n) is 3.55. The molecule has 2 heterocycles. The number of pyridine rings is 1. The highest BCUT2D eigenvalue weighted by Gasteiger charge is 2.29. The molecular weight excluding hydrogens is 380 g/mol. The molecular formula is C23H28N4OS. The van der Waals surface area contributed by atoms with Crippen molar-refractivity contribution in [2.24, 2.45) is 5.92 Å². The number of hydrogen-bond donors (Lipinski definition) is 0. The third-order valence-corrected chi connectivity index (χ3v) is 6.46. The highest BCUT2D eigenvalue weighted by atomic mass is 32.2. The average molecular weight is 409 g/mol. The molecule has 1 fully saturated rings. The van der Waals surface area contributed by atoms with Crippen LogP contribution < -0.4 is 0 Å². The zero-order valence-electron chi connectivity index (χ0n) is 17.6. The van der Waals surface area contributed by atoms with Crippen molar-refractivity contribution < 1.29 is 4.79 Å². The molecule has 1 aliphatic heterocycles. The van der Waals surface area contributed by atoms with Gasteiger partial charge in [0.15, 0.2) is 0 Å². The summed E-state index contributed by atoms with van der Waals surface area (Å²) in [5.74, 6) is 0.295. The lowest BCUT2D eigenvalue weighted by Gasteiger charge is -2.38. The minimum Gasteiger partial charge on any atom is -0.336 e. The van der Waals surface area contributed by atoms with Crippen LogP contribution in [0.15, 0.2) is 46.5 Å². The van der Waals surface area contributed by atoms with Crippen LogP contribution in [0.2, 0.25) is 0 Å². The number of benzene rings is 1. The van der Waals surface area contributed by atoms with Gasteiger partial charge in [0.05, 0.1) is 11.6 Å². The van der Waals surface area contributed by atoms with Crippen molar-refractivity contribution in [1.82, 2.24) is 14.8 Å². The molecule has 6 heteroatoms. The van der Waals surface area contributed by atoms with Crippen LogP contribution in [0.5, 0.6) is 0 Å². The average Bonchev–Trinajstić information content (AvgIpc) is 2.71. The minimum absolute atomic E-state index is 0.0159. The Bertz CT molecular complexity index is 913. The minimum atomic E-state index is -0.0958. The molecule has 1 atom stereocenters. The van der Waals surface area contributed by atoms with E-state index in [1.807, 2.05) is 17.0 Å². The van der Waals surface area contributed by atoms with E-state index in [4.69, 9.17) is 0 Å². The van der Waals surface area contributed by atoms with Crippen LogP contribution in [0.3, 0.4) is 0 Å². The molecule has 5 nitrogen and oxygen atoms in total. The Labute approximate surface area is 177 Å². The number of nitrogens with zero attached hydrogens (tertiary/aromatic N) is 4. The van der Waals surface area contributed by atoms with Crippen molar-refractivity contribution in [3.63, 3.8) is 0 Å². The van der Waals surface area contributed by atoms with Gasteiger partial charge in [-0.05, 0) is 55.2 Å². The van der Waals surface area contributed by atoms with Gasteiger partial charge < -0.3 is 4.90 Å². The molecule has 0 aliphatic carbocycles. The van der Waals surface area contributed by atoms with Gasteiger partial charge in [0.1, 0.15) is 11.1 Å². The molecule has 0 radical (unpaired) electrons. The van der Waals surface area contributed by atoms with Crippen LogP contribution in [0.1, 0.15) is 35.3 Å². The Balaban J connectivity index is 1.72. The standard InChI is InChI=1S/C23H28N4OS/c1-16(2)21(15-24)26-10-12-27(13-11-26)23(28)20-6-5-9-25-22(20)29-19-8-7-17(3)18(4)14-19/h5-9,14,16,21H,10-13H2,1-4H3. The van der Waals surface area contributed by atoms with Crippen LogP contribution in [0.4, 0.5) is 0 Å². The summed E-state index contributed by atoms with van der Waals surface area (Å²) in [5.41, 5.74) is 3.12. The predicted octanol–water partition coefficient (Wildman–Crippen LogP) is 4.16. The maximum Gasteiger partial charge on any atom is 0.256 e. The quantitative estimate of drug-likeness (QED) is 0.744. The Morgan fingerprint density at radius 3 is 2.48 bits per heavy atom. The first-order valence-corrected chi connectivity index (χ1v) is 10.9. The van der Waals surface area contributed by atoms with E-state index in [9.17, 15) is 10.1 Å². The van der Waals surface area contributed by atoms with Crippen molar-refractivity contribution in [2.45, 2.75) is 43.7 Å². The zero-order chi connectivity index (χ0) is 21.0. The normalized spacial score (nSPS) is 15.9. The SMILES string of the molecule is Cc1ccc(Sc2ncccc2C(=O)N2CCN(C(C#N)C(C)C)CC2)cc1C. The van der Waals surface area contributed by atoms with Crippen LogP contribution in [0, 0.1) is 31.1 Å². The van der Waals surface area contributed by atoms with Crippen LogP contribution in [0.25, 0.3) is 0 Å². The summed E-state index contributed by atoms with van der Waals surface area (Å²) < 4.78 is 0. The molecule has 1 aromatic heterocycles. The van der Waals surface area contributed by atoms with Gasteiger partial charge in [0.25, 0.3) is 5.91 Å². The van der Waals surface area contributed by atoms with Crippen molar-refractivity contribution in [1.29, 1.82) is 5.26 Å². The van der Waals surface area contributed by atoms with Crippen molar-refractivity contribution >= 4 is 17.7 Å². The number of carbonyl (C=O) groups is 1. The van der Waals surface area contributed by atoms with Gasteiger partial charge in [-0.2, -0.15) is 5.26 Å². The number of rotatable bonds is 5. The summed E-state index contributed by atoms with van der Waals surface area (Å²) in [7, 11) is 0. The Morgan fingerprint density at radius 2 is 1.86 bits per heavy atom. The Hall–Kier alpha value is -2.36. The third-order valence-electron chi connectivity index (χ3n) is 5.45. The van der Waals surface area contributed by atoms with Gasteiger partial charge in [-0.3, -0.25) is 9.69 Å². The van der Waals surface area contributed by atoms with Gasteiger partial charge in [-0.15, -0.1) is 0 Å². The zero-order valence-corrected chi connectivity index (χ0v) is 18.4. The summed E-state index contributed by atoms with van der Waals surface area (Å²) in [4.78, 5) is 22.8. The first-order valence-electron chi connectivity index (χ1n) is 10.0.